The van der Waals surface area contributed by atoms with E-state index in [2.05, 4.69) is 15.6 Å². The minimum atomic E-state index is -0.840. The first-order valence-electron chi connectivity index (χ1n) is 5.85. The van der Waals surface area contributed by atoms with E-state index in [1.807, 2.05) is 5.32 Å². The van der Waals surface area contributed by atoms with Gasteiger partial charge in [-0.25, -0.2) is 4.79 Å². The summed E-state index contributed by atoms with van der Waals surface area (Å²) in [6.45, 7) is 1.06. The fourth-order valence-electron chi connectivity index (χ4n) is 1.48. The van der Waals surface area contributed by atoms with Crippen LogP contribution in [-0.2, 0) is 17.9 Å². The van der Waals surface area contributed by atoms with E-state index in [0.29, 0.717) is 19.1 Å². The van der Waals surface area contributed by atoms with Gasteiger partial charge in [0, 0.05) is 25.2 Å². The fourth-order valence-corrected chi connectivity index (χ4v) is 1.48. The molecule has 1 aliphatic carbocycles. The molecule has 0 saturated heterocycles. The lowest BCUT2D eigenvalue weighted by molar-refractivity contribution is -0.120. The molecule has 1 aliphatic rings. The molecule has 0 aliphatic heterocycles. The Labute approximate surface area is 104 Å². The Morgan fingerprint density at radius 3 is 2.94 bits per heavy atom. The molecule has 1 fully saturated rings. The van der Waals surface area contributed by atoms with Gasteiger partial charge in [-0.05, 0) is 12.8 Å². The number of carbonyl (C=O) groups is 2. The molecule has 1 saturated carbocycles. The SMILES string of the molecule is NC(=O)NC(=O)CCn1cc(CNC2CC2)nn1. The first-order valence-corrected chi connectivity index (χ1v) is 5.85. The molecule has 98 valence electrons. The normalized spacial score (nSPS) is 14.4. The van der Waals surface area contributed by atoms with Crippen LogP contribution in [0.4, 0.5) is 4.79 Å². The van der Waals surface area contributed by atoms with Crippen LogP contribution >= 0.6 is 0 Å². The Morgan fingerprint density at radius 1 is 1.50 bits per heavy atom. The molecule has 2 rings (SSSR count). The third-order valence-electron chi connectivity index (χ3n) is 2.57. The van der Waals surface area contributed by atoms with Crippen LogP contribution in [0, 0.1) is 0 Å². The third kappa shape index (κ3) is 4.13. The number of nitrogens with zero attached hydrogens (tertiary/aromatic N) is 3. The van der Waals surface area contributed by atoms with Crippen LogP contribution in [0.2, 0.25) is 0 Å². The number of carbonyl (C=O) groups excluding carboxylic acids is 2. The maximum atomic E-state index is 11.2. The maximum absolute atomic E-state index is 11.2. The standard InChI is InChI=1S/C10H16N6O2/c11-10(18)13-9(17)3-4-16-6-8(14-15-16)5-12-7-1-2-7/h6-7,12H,1-5H2,(H3,11,13,17,18). The molecule has 1 aromatic heterocycles. The smallest absolute Gasteiger partial charge is 0.318 e. The van der Waals surface area contributed by atoms with Crippen LogP contribution in [0.1, 0.15) is 25.0 Å². The first kappa shape index (κ1) is 12.5. The van der Waals surface area contributed by atoms with E-state index in [1.54, 1.807) is 10.9 Å². The van der Waals surface area contributed by atoms with E-state index in [1.165, 1.54) is 12.8 Å². The summed E-state index contributed by atoms with van der Waals surface area (Å²) < 4.78 is 1.57. The van der Waals surface area contributed by atoms with Crippen LogP contribution in [0.15, 0.2) is 6.20 Å². The van der Waals surface area contributed by atoms with Gasteiger partial charge >= 0.3 is 6.03 Å². The summed E-state index contributed by atoms with van der Waals surface area (Å²) in [7, 11) is 0. The Balaban J connectivity index is 1.71. The molecule has 1 heterocycles. The molecule has 8 nitrogen and oxygen atoms in total. The van der Waals surface area contributed by atoms with Crippen molar-refractivity contribution in [2.45, 2.75) is 38.4 Å². The summed E-state index contributed by atoms with van der Waals surface area (Å²) in [6, 6.07) is -0.218. The van der Waals surface area contributed by atoms with E-state index in [9.17, 15) is 9.59 Å². The van der Waals surface area contributed by atoms with E-state index in [4.69, 9.17) is 5.73 Å². The Kier molecular flexibility index (Phi) is 3.88. The Hall–Kier alpha value is -1.96. The summed E-state index contributed by atoms with van der Waals surface area (Å²) in [5.74, 6) is -0.421. The van der Waals surface area contributed by atoms with Crippen molar-refractivity contribution in [2.24, 2.45) is 5.73 Å². The number of nitrogens with two attached hydrogens (primary N) is 1. The topological polar surface area (TPSA) is 115 Å². The quantitative estimate of drug-likeness (QED) is 0.608. The largest absolute Gasteiger partial charge is 0.351 e. The van der Waals surface area contributed by atoms with Gasteiger partial charge in [0.2, 0.25) is 5.91 Å². The summed E-state index contributed by atoms with van der Waals surface area (Å²) in [6.07, 6.45) is 4.37. The predicted octanol–water partition coefficient (Wildman–Crippen LogP) is -0.885. The Bertz CT molecular complexity index is 439. The molecule has 0 radical (unpaired) electrons. The van der Waals surface area contributed by atoms with Crippen molar-refractivity contribution in [2.75, 3.05) is 0 Å². The minimum Gasteiger partial charge on any atom is -0.351 e. The van der Waals surface area contributed by atoms with Crippen LogP contribution in [-0.4, -0.2) is 33.0 Å². The molecule has 0 aromatic carbocycles. The maximum Gasteiger partial charge on any atom is 0.318 e. The number of hydrogen-bond acceptors (Lipinski definition) is 5. The van der Waals surface area contributed by atoms with Gasteiger partial charge in [0.15, 0.2) is 0 Å². The molecular formula is C10H16N6O2. The zero-order valence-corrected chi connectivity index (χ0v) is 9.93. The van der Waals surface area contributed by atoms with Crippen molar-refractivity contribution in [1.29, 1.82) is 0 Å². The van der Waals surface area contributed by atoms with Crippen molar-refractivity contribution >= 4 is 11.9 Å². The minimum absolute atomic E-state index is 0.141. The van der Waals surface area contributed by atoms with E-state index in [0.717, 1.165) is 5.69 Å². The monoisotopic (exact) mass is 252 g/mol. The number of urea groups is 1. The molecule has 1 aromatic rings. The number of primary amides is 1. The number of amides is 3. The molecule has 0 spiro atoms. The van der Waals surface area contributed by atoms with Crippen molar-refractivity contribution in [3.05, 3.63) is 11.9 Å². The van der Waals surface area contributed by atoms with Gasteiger partial charge in [0.25, 0.3) is 0 Å². The van der Waals surface area contributed by atoms with Crippen LogP contribution in [0.5, 0.6) is 0 Å². The van der Waals surface area contributed by atoms with Gasteiger partial charge in [0.05, 0.1) is 12.2 Å². The summed E-state index contributed by atoms with van der Waals surface area (Å²) in [5.41, 5.74) is 5.67. The van der Waals surface area contributed by atoms with Gasteiger partial charge in [-0.1, -0.05) is 5.21 Å². The second kappa shape index (κ2) is 5.58. The summed E-state index contributed by atoms with van der Waals surface area (Å²) in [5, 5.41) is 13.2. The second-order valence-corrected chi connectivity index (χ2v) is 4.29. The van der Waals surface area contributed by atoms with Gasteiger partial charge in [-0.2, -0.15) is 0 Å². The van der Waals surface area contributed by atoms with Crippen molar-refractivity contribution in [3.63, 3.8) is 0 Å². The molecule has 18 heavy (non-hydrogen) atoms. The average Bonchev–Trinajstić information content (AvgIpc) is 3.02. The second-order valence-electron chi connectivity index (χ2n) is 4.29. The third-order valence-corrected chi connectivity index (χ3v) is 2.57. The van der Waals surface area contributed by atoms with Crippen molar-refractivity contribution in [1.82, 2.24) is 25.6 Å². The highest BCUT2D eigenvalue weighted by Gasteiger charge is 2.20. The zero-order valence-electron chi connectivity index (χ0n) is 9.93. The molecule has 3 amide bonds. The van der Waals surface area contributed by atoms with Gasteiger partial charge in [0.1, 0.15) is 0 Å². The van der Waals surface area contributed by atoms with E-state index >= 15 is 0 Å². The van der Waals surface area contributed by atoms with Gasteiger partial charge in [-0.3, -0.25) is 14.8 Å². The molecule has 0 bridgehead atoms. The zero-order chi connectivity index (χ0) is 13.0. The lowest BCUT2D eigenvalue weighted by Crippen LogP contribution is -2.35. The lowest BCUT2D eigenvalue weighted by Gasteiger charge is -2.00. The summed E-state index contributed by atoms with van der Waals surface area (Å²) in [4.78, 5) is 21.6. The number of imide groups is 1. The lowest BCUT2D eigenvalue weighted by atomic mass is 10.4. The van der Waals surface area contributed by atoms with Crippen molar-refractivity contribution in [3.8, 4) is 0 Å². The first-order chi connectivity index (χ1) is 8.63. The Morgan fingerprint density at radius 2 is 2.28 bits per heavy atom. The number of hydrogen-bond donors (Lipinski definition) is 3. The molecule has 0 unspecified atom stereocenters. The highest BCUT2D eigenvalue weighted by Crippen LogP contribution is 2.18. The van der Waals surface area contributed by atoms with Crippen LogP contribution in [0.3, 0.4) is 0 Å². The highest BCUT2D eigenvalue weighted by atomic mass is 16.2. The number of rotatable bonds is 6. The van der Waals surface area contributed by atoms with Gasteiger partial charge in [-0.15, -0.1) is 5.10 Å². The predicted molar refractivity (Wildman–Crippen MR) is 62.2 cm³/mol. The molecular weight excluding hydrogens is 236 g/mol. The highest BCUT2D eigenvalue weighted by molar-refractivity contribution is 5.93. The van der Waals surface area contributed by atoms with Crippen LogP contribution in [0.25, 0.3) is 0 Å². The number of aryl methyl sites for hydroxylation is 1. The number of nitrogens with one attached hydrogen (secondary N) is 2. The molecule has 0 atom stereocenters. The van der Waals surface area contributed by atoms with E-state index < -0.39 is 11.9 Å². The number of aromatic nitrogens is 3. The van der Waals surface area contributed by atoms with Gasteiger partial charge < -0.3 is 11.1 Å². The molecule has 4 N–H and O–H groups in total. The average molecular weight is 252 g/mol. The van der Waals surface area contributed by atoms with E-state index in [-0.39, 0.29) is 6.42 Å². The van der Waals surface area contributed by atoms with Crippen molar-refractivity contribution < 1.29 is 9.59 Å². The molecule has 8 heteroatoms. The summed E-state index contributed by atoms with van der Waals surface area (Å²) >= 11 is 0. The van der Waals surface area contributed by atoms with Crippen LogP contribution < -0.4 is 16.4 Å². The fraction of sp³-hybridized carbons (Fsp3) is 0.600.